The van der Waals surface area contributed by atoms with Crippen LogP contribution in [0.4, 0.5) is 5.82 Å². The normalized spacial score (nSPS) is 17.7. The molecule has 3 N–H and O–H groups in total. The minimum absolute atomic E-state index is 0.193. The number of ether oxygens (including phenoxy) is 1. The van der Waals surface area contributed by atoms with Gasteiger partial charge in [0.1, 0.15) is 10.0 Å². The van der Waals surface area contributed by atoms with E-state index >= 15 is 0 Å². The zero-order valence-corrected chi connectivity index (χ0v) is 12.5. The maximum absolute atomic E-state index is 12.4. The fourth-order valence-electron chi connectivity index (χ4n) is 1.92. The van der Waals surface area contributed by atoms with Crippen molar-refractivity contribution < 1.29 is 9.53 Å². The number of aromatic nitrogens is 2. The first-order valence-corrected chi connectivity index (χ1v) is 6.91. The van der Waals surface area contributed by atoms with E-state index in [9.17, 15) is 4.79 Å². The van der Waals surface area contributed by atoms with Crippen molar-refractivity contribution in [3.8, 4) is 0 Å². The molecule has 0 saturated carbocycles. The molecule has 1 aromatic heterocycles. The van der Waals surface area contributed by atoms with Crippen LogP contribution in [0.3, 0.4) is 0 Å². The molecule has 0 aromatic carbocycles. The second-order valence-electron chi connectivity index (χ2n) is 4.24. The van der Waals surface area contributed by atoms with Crippen LogP contribution in [0.1, 0.15) is 12.8 Å². The summed E-state index contributed by atoms with van der Waals surface area (Å²) < 4.78 is 5.86. The number of anilines is 1. The summed E-state index contributed by atoms with van der Waals surface area (Å²) >= 11 is 8.24. The number of nitrogens with two attached hydrogens (primary N) is 1. The Bertz CT molecular complexity index is 488. The first-order chi connectivity index (χ1) is 9.04. The Morgan fingerprint density at radius 2 is 2.11 bits per heavy atom. The maximum atomic E-state index is 12.4. The molecule has 1 amide bonds. The molecule has 2 rings (SSSR count). The van der Waals surface area contributed by atoms with Crippen molar-refractivity contribution in [3.05, 3.63) is 17.0 Å². The zero-order chi connectivity index (χ0) is 13.9. The Kier molecular flexibility index (Phi) is 4.43. The van der Waals surface area contributed by atoms with Crippen molar-refractivity contribution in [2.75, 3.05) is 18.5 Å². The van der Waals surface area contributed by atoms with Crippen LogP contribution in [0.5, 0.6) is 0 Å². The predicted octanol–water partition coefficient (Wildman–Crippen LogP) is 1.26. The number of halogens is 1. The first kappa shape index (κ1) is 14.3. The summed E-state index contributed by atoms with van der Waals surface area (Å²) in [6.45, 7) is 0.938. The molecule has 1 aliphatic rings. The van der Waals surface area contributed by atoms with Gasteiger partial charge in [-0.2, -0.15) is 0 Å². The van der Waals surface area contributed by atoms with Crippen LogP contribution in [0.15, 0.2) is 17.0 Å². The second kappa shape index (κ2) is 5.89. The highest BCUT2D eigenvalue weighted by Crippen LogP contribution is 2.32. The minimum Gasteiger partial charge on any atom is -0.392 e. The van der Waals surface area contributed by atoms with Crippen LogP contribution < -0.4 is 11.1 Å². The van der Waals surface area contributed by atoms with Gasteiger partial charge in [0.05, 0.1) is 17.4 Å². The van der Waals surface area contributed by atoms with E-state index < -0.39 is 5.41 Å². The molecule has 1 aliphatic heterocycles. The molecular formula is C11H13BrN4O2S. The van der Waals surface area contributed by atoms with Gasteiger partial charge in [-0.15, -0.1) is 0 Å². The van der Waals surface area contributed by atoms with Crippen LogP contribution in [0.25, 0.3) is 0 Å². The molecule has 6 nitrogen and oxygen atoms in total. The molecule has 8 heteroatoms. The third-order valence-corrected chi connectivity index (χ3v) is 3.91. The summed E-state index contributed by atoms with van der Waals surface area (Å²) in [5.74, 6) is 0.121. The van der Waals surface area contributed by atoms with E-state index in [0.29, 0.717) is 36.5 Å². The fourth-order valence-corrected chi connectivity index (χ4v) is 2.42. The summed E-state index contributed by atoms with van der Waals surface area (Å²) in [6.07, 6.45) is 3.94. The SMILES string of the molecule is NC(=S)C1(C(=O)Nc2cnc(Br)cn2)CCOCC1. The van der Waals surface area contributed by atoms with Crippen molar-refractivity contribution in [3.63, 3.8) is 0 Å². The summed E-state index contributed by atoms with van der Waals surface area (Å²) in [5, 5.41) is 2.70. The smallest absolute Gasteiger partial charge is 0.238 e. The molecule has 102 valence electrons. The van der Waals surface area contributed by atoms with Crippen LogP contribution in [-0.2, 0) is 9.53 Å². The summed E-state index contributed by atoms with van der Waals surface area (Å²) in [4.78, 5) is 20.6. The van der Waals surface area contributed by atoms with E-state index in [0.717, 1.165) is 0 Å². The zero-order valence-electron chi connectivity index (χ0n) is 10.1. The van der Waals surface area contributed by atoms with E-state index in [4.69, 9.17) is 22.7 Å². The highest BCUT2D eigenvalue weighted by Gasteiger charge is 2.43. The van der Waals surface area contributed by atoms with Gasteiger partial charge < -0.3 is 15.8 Å². The van der Waals surface area contributed by atoms with Gasteiger partial charge in [0.2, 0.25) is 5.91 Å². The van der Waals surface area contributed by atoms with E-state index in [-0.39, 0.29) is 10.9 Å². The number of hydrogen-bond acceptors (Lipinski definition) is 5. The van der Waals surface area contributed by atoms with E-state index in [1.807, 2.05) is 0 Å². The van der Waals surface area contributed by atoms with Gasteiger partial charge in [-0.25, -0.2) is 9.97 Å². The van der Waals surface area contributed by atoms with Gasteiger partial charge in [-0.1, -0.05) is 12.2 Å². The molecule has 2 heterocycles. The molecule has 1 fully saturated rings. The number of thiocarbonyl (C=S) groups is 1. The van der Waals surface area contributed by atoms with Crippen molar-refractivity contribution in [2.24, 2.45) is 11.1 Å². The van der Waals surface area contributed by atoms with Crippen molar-refractivity contribution >= 4 is 44.9 Å². The lowest BCUT2D eigenvalue weighted by atomic mass is 9.79. The minimum atomic E-state index is -0.859. The van der Waals surface area contributed by atoms with Gasteiger partial charge >= 0.3 is 0 Å². The van der Waals surface area contributed by atoms with E-state index in [1.54, 1.807) is 0 Å². The Morgan fingerprint density at radius 3 is 2.63 bits per heavy atom. The summed E-state index contributed by atoms with van der Waals surface area (Å²) in [5.41, 5.74) is 4.89. The van der Waals surface area contributed by atoms with Gasteiger partial charge in [0, 0.05) is 13.2 Å². The first-order valence-electron chi connectivity index (χ1n) is 5.71. The molecule has 1 saturated heterocycles. The largest absolute Gasteiger partial charge is 0.392 e. The Hall–Kier alpha value is -1.12. The number of carbonyl (C=O) groups is 1. The summed E-state index contributed by atoms with van der Waals surface area (Å²) in [6, 6.07) is 0. The number of hydrogen-bond donors (Lipinski definition) is 2. The molecule has 0 atom stereocenters. The number of amides is 1. The van der Waals surface area contributed by atoms with Crippen LogP contribution >= 0.6 is 28.1 Å². The maximum Gasteiger partial charge on any atom is 0.238 e. The Balaban J connectivity index is 2.16. The highest BCUT2D eigenvalue weighted by atomic mass is 79.9. The molecular weight excluding hydrogens is 332 g/mol. The monoisotopic (exact) mass is 344 g/mol. The van der Waals surface area contributed by atoms with Gasteiger partial charge in [0.25, 0.3) is 0 Å². The van der Waals surface area contributed by atoms with Crippen LogP contribution in [0.2, 0.25) is 0 Å². The fraction of sp³-hybridized carbons (Fsp3) is 0.455. The Morgan fingerprint density at radius 1 is 1.42 bits per heavy atom. The van der Waals surface area contributed by atoms with Crippen LogP contribution in [-0.4, -0.2) is 34.1 Å². The van der Waals surface area contributed by atoms with Crippen LogP contribution in [0, 0.1) is 5.41 Å². The number of rotatable bonds is 3. The quantitative estimate of drug-likeness (QED) is 0.802. The topological polar surface area (TPSA) is 90.1 Å². The molecule has 0 bridgehead atoms. The number of carbonyl (C=O) groups excluding carboxylic acids is 1. The third kappa shape index (κ3) is 3.07. The summed E-state index contributed by atoms with van der Waals surface area (Å²) in [7, 11) is 0. The Labute approximate surface area is 124 Å². The van der Waals surface area contributed by atoms with Crippen molar-refractivity contribution in [1.82, 2.24) is 9.97 Å². The standard InChI is InChI=1S/C11H13BrN4O2S/c12-7-5-15-8(6-14-7)16-10(17)11(9(13)19)1-3-18-4-2-11/h5-6H,1-4H2,(H2,13,19)(H,15,16,17). The molecule has 0 unspecified atom stereocenters. The van der Waals surface area contributed by atoms with Crippen molar-refractivity contribution in [1.29, 1.82) is 0 Å². The van der Waals surface area contributed by atoms with E-state index in [2.05, 4.69) is 31.2 Å². The number of nitrogens with zero attached hydrogens (tertiary/aromatic N) is 2. The second-order valence-corrected chi connectivity index (χ2v) is 5.49. The average Bonchev–Trinajstić information content (AvgIpc) is 2.42. The van der Waals surface area contributed by atoms with Crippen molar-refractivity contribution in [2.45, 2.75) is 12.8 Å². The predicted molar refractivity (Wildman–Crippen MR) is 77.6 cm³/mol. The molecule has 0 spiro atoms. The lowest BCUT2D eigenvalue weighted by molar-refractivity contribution is -0.126. The average molecular weight is 345 g/mol. The van der Waals surface area contributed by atoms with Gasteiger partial charge in [-0.3, -0.25) is 4.79 Å². The number of nitrogens with one attached hydrogen (secondary N) is 1. The van der Waals surface area contributed by atoms with E-state index in [1.165, 1.54) is 12.4 Å². The lowest BCUT2D eigenvalue weighted by Crippen LogP contribution is -2.49. The lowest BCUT2D eigenvalue weighted by Gasteiger charge is -2.34. The molecule has 1 aromatic rings. The molecule has 0 radical (unpaired) electrons. The van der Waals surface area contributed by atoms with Gasteiger partial charge in [0.15, 0.2) is 5.82 Å². The highest BCUT2D eigenvalue weighted by molar-refractivity contribution is 9.10. The third-order valence-electron chi connectivity index (χ3n) is 3.11. The molecule has 0 aliphatic carbocycles. The molecule has 19 heavy (non-hydrogen) atoms. The van der Waals surface area contributed by atoms with Gasteiger partial charge in [-0.05, 0) is 28.8 Å².